The van der Waals surface area contributed by atoms with Gasteiger partial charge in [0.05, 0.1) is 6.61 Å². The molecule has 0 spiro atoms. The predicted octanol–water partition coefficient (Wildman–Crippen LogP) is -2.86. The van der Waals surface area contributed by atoms with Gasteiger partial charge in [0.15, 0.2) is 0 Å². The number of aliphatic hydroxyl groups is 1. The smallest absolute Gasteiger partial charge is 0.326 e. The van der Waals surface area contributed by atoms with Gasteiger partial charge in [-0.3, -0.25) is 33.6 Å². The van der Waals surface area contributed by atoms with E-state index in [0.29, 0.717) is 38.8 Å². The molecule has 0 aliphatic rings. The molecule has 20 heteroatoms. The second-order valence-corrected chi connectivity index (χ2v) is 14.0. The number of hydrogen-bond donors (Lipinski definition) is 12. The summed E-state index contributed by atoms with van der Waals surface area (Å²) in [4.78, 5) is 102. The van der Waals surface area contributed by atoms with Gasteiger partial charge in [0.1, 0.15) is 42.3 Å². The maximum atomic E-state index is 13.7. The van der Waals surface area contributed by atoms with Gasteiger partial charge >= 0.3 is 11.9 Å². The number of unbranched alkanes of at least 4 members (excludes halogenated alkanes) is 2. The van der Waals surface area contributed by atoms with Crippen molar-refractivity contribution in [3.63, 3.8) is 0 Å². The minimum Gasteiger partial charge on any atom is -0.481 e. The van der Waals surface area contributed by atoms with Crippen LogP contribution in [0.5, 0.6) is 0 Å². The van der Waals surface area contributed by atoms with Gasteiger partial charge < -0.3 is 64.4 Å². The monoisotopic (exact) mass is 773 g/mol. The molecule has 7 atom stereocenters. The Labute approximate surface area is 316 Å². The maximum Gasteiger partial charge on any atom is 0.326 e. The Kier molecular flexibility index (Phi) is 24.2. The van der Waals surface area contributed by atoms with Crippen molar-refractivity contribution >= 4 is 47.4 Å². The molecule has 0 aromatic rings. The van der Waals surface area contributed by atoms with E-state index in [1.165, 1.54) is 6.92 Å². The van der Waals surface area contributed by atoms with Crippen molar-refractivity contribution in [1.82, 2.24) is 31.9 Å². The van der Waals surface area contributed by atoms with Gasteiger partial charge in [-0.1, -0.05) is 27.7 Å². The van der Waals surface area contributed by atoms with E-state index < -0.39 is 109 Å². The van der Waals surface area contributed by atoms with Crippen molar-refractivity contribution in [2.45, 2.75) is 135 Å². The summed E-state index contributed by atoms with van der Waals surface area (Å²) in [6.07, 6.45) is 1.12. The number of rotatable bonds is 28. The highest BCUT2D eigenvalue weighted by Gasteiger charge is 2.33. The summed E-state index contributed by atoms with van der Waals surface area (Å²) in [5, 5.41) is 43.0. The van der Waals surface area contributed by atoms with Crippen LogP contribution in [-0.4, -0.2) is 125 Å². The Morgan fingerprint density at radius 2 is 1.02 bits per heavy atom. The molecular formula is C34H63N9O11. The topological polar surface area (TPSA) is 347 Å². The number of carbonyl (C=O) groups excluding carboxylic acids is 6. The minimum absolute atomic E-state index is 0.0532. The first-order valence-electron chi connectivity index (χ1n) is 18.3. The van der Waals surface area contributed by atoms with Crippen LogP contribution >= 0.6 is 0 Å². The standard InChI is InChI=1S/C34H63N9O11/c1-18(2)16-25(32(51)40-23(12-13-26(45)46)31(50)41-24(34(53)54)11-7-9-15-36)42-30(49)22(10-6-8-14-35)39-28(47)20(5)38-33(52)27(19(3)4)43-29(48)21(37)17-44/h18-25,27,44H,6-17,35-37H2,1-5H3,(H,38,52)(H,39,47)(H,40,51)(H,41,50)(H,42,49)(H,43,48)(H,45,46)(H,53,54). The van der Waals surface area contributed by atoms with Crippen LogP contribution in [0.25, 0.3) is 0 Å². The van der Waals surface area contributed by atoms with Crippen LogP contribution in [0, 0.1) is 11.8 Å². The van der Waals surface area contributed by atoms with Crippen LogP contribution in [0.2, 0.25) is 0 Å². The molecule has 0 aromatic carbocycles. The van der Waals surface area contributed by atoms with E-state index in [9.17, 15) is 48.6 Å². The lowest BCUT2D eigenvalue weighted by Crippen LogP contribution is -2.60. The molecule has 310 valence electrons. The highest BCUT2D eigenvalue weighted by atomic mass is 16.4. The fraction of sp³-hybridized carbons (Fsp3) is 0.765. The van der Waals surface area contributed by atoms with Crippen LogP contribution in [0.15, 0.2) is 0 Å². The van der Waals surface area contributed by atoms with E-state index in [2.05, 4.69) is 31.9 Å². The molecule has 0 rings (SSSR count). The van der Waals surface area contributed by atoms with Crippen LogP contribution in [0.1, 0.15) is 92.4 Å². The van der Waals surface area contributed by atoms with Gasteiger partial charge in [-0.2, -0.15) is 0 Å². The van der Waals surface area contributed by atoms with Crippen molar-refractivity contribution in [1.29, 1.82) is 0 Å². The number of nitrogens with two attached hydrogens (primary N) is 3. The van der Waals surface area contributed by atoms with Gasteiger partial charge in [0, 0.05) is 6.42 Å². The fourth-order valence-electron chi connectivity index (χ4n) is 5.11. The lowest BCUT2D eigenvalue weighted by molar-refractivity contribution is -0.143. The summed E-state index contributed by atoms with van der Waals surface area (Å²) in [6.45, 7) is 8.18. The van der Waals surface area contributed by atoms with Crippen molar-refractivity contribution in [2.75, 3.05) is 19.7 Å². The number of carbonyl (C=O) groups is 8. The van der Waals surface area contributed by atoms with E-state index in [1.54, 1.807) is 27.7 Å². The Morgan fingerprint density at radius 3 is 1.48 bits per heavy atom. The minimum atomic E-state index is -1.46. The molecule has 0 saturated heterocycles. The van der Waals surface area contributed by atoms with Crippen LogP contribution in [-0.2, 0) is 38.4 Å². The molecular weight excluding hydrogens is 710 g/mol. The van der Waals surface area contributed by atoms with Crippen molar-refractivity contribution in [3.05, 3.63) is 0 Å². The van der Waals surface area contributed by atoms with Crippen LogP contribution in [0.3, 0.4) is 0 Å². The average Bonchev–Trinajstić information content (AvgIpc) is 3.09. The van der Waals surface area contributed by atoms with Gasteiger partial charge in [-0.05, 0) is 83.2 Å². The van der Waals surface area contributed by atoms with E-state index in [-0.39, 0.29) is 31.6 Å². The third-order valence-corrected chi connectivity index (χ3v) is 8.29. The summed E-state index contributed by atoms with van der Waals surface area (Å²) < 4.78 is 0. The molecule has 0 heterocycles. The Morgan fingerprint density at radius 1 is 0.556 bits per heavy atom. The normalized spacial score (nSPS) is 15.1. The molecule has 20 nitrogen and oxygen atoms in total. The second kappa shape index (κ2) is 26.4. The zero-order valence-electron chi connectivity index (χ0n) is 32.0. The maximum absolute atomic E-state index is 13.7. The van der Waals surface area contributed by atoms with Crippen LogP contribution in [0.4, 0.5) is 0 Å². The second-order valence-electron chi connectivity index (χ2n) is 14.0. The lowest BCUT2D eigenvalue weighted by atomic mass is 10.0. The van der Waals surface area contributed by atoms with E-state index in [1.807, 2.05) is 0 Å². The first-order chi connectivity index (χ1) is 25.3. The average molecular weight is 774 g/mol. The molecule has 0 aromatic heterocycles. The van der Waals surface area contributed by atoms with Gasteiger partial charge in [0.25, 0.3) is 0 Å². The summed E-state index contributed by atoms with van der Waals surface area (Å²) in [7, 11) is 0. The molecule has 6 amide bonds. The molecule has 54 heavy (non-hydrogen) atoms. The zero-order valence-corrected chi connectivity index (χ0v) is 32.0. The molecule has 0 aliphatic carbocycles. The van der Waals surface area contributed by atoms with Gasteiger partial charge in [-0.25, -0.2) is 4.79 Å². The molecule has 0 aliphatic heterocycles. The van der Waals surface area contributed by atoms with Crippen molar-refractivity contribution in [2.24, 2.45) is 29.0 Å². The van der Waals surface area contributed by atoms with Gasteiger partial charge in [-0.15, -0.1) is 0 Å². The van der Waals surface area contributed by atoms with Crippen molar-refractivity contribution < 1.29 is 53.7 Å². The number of carboxylic acids is 2. The third-order valence-electron chi connectivity index (χ3n) is 8.29. The zero-order chi connectivity index (χ0) is 41.5. The first kappa shape index (κ1) is 49.6. The van der Waals surface area contributed by atoms with E-state index in [0.717, 1.165) is 0 Å². The SMILES string of the molecule is CC(C)CC(NC(=O)C(CCCCN)NC(=O)C(C)NC(=O)C(NC(=O)C(N)CO)C(C)C)C(=O)NC(CCC(=O)O)C(=O)NC(CCCCN)C(=O)O. The number of nitrogens with one attached hydrogen (secondary N) is 6. The lowest BCUT2D eigenvalue weighted by Gasteiger charge is -2.28. The molecule has 0 saturated carbocycles. The molecule has 0 radical (unpaired) electrons. The quantitative estimate of drug-likeness (QED) is 0.0356. The predicted molar refractivity (Wildman–Crippen MR) is 197 cm³/mol. The summed E-state index contributed by atoms with van der Waals surface area (Å²) in [5.41, 5.74) is 16.6. The Balaban J connectivity index is 6.08. The summed E-state index contributed by atoms with van der Waals surface area (Å²) >= 11 is 0. The van der Waals surface area contributed by atoms with Crippen LogP contribution < -0.4 is 49.1 Å². The molecule has 15 N–H and O–H groups in total. The summed E-state index contributed by atoms with van der Waals surface area (Å²) in [6, 6.07) is -8.79. The summed E-state index contributed by atoms with van der Waals surface area (Å²) in [5.74, 6) is -7.94. The number of aliphatic hydroxyl groups excluding tert-OH is 1. The molecule has 0 bridgehead atoms. The largest absolute Gasteiger partial charge is 0.481 e. The highest BCUT2D eigenvalue weighted by Crippen LogP contribution is 2.11. The third kappa shape index (κ3) is 19.6. The van der Waals surface area contributed by atoms with E-state index >= 15 is 0 Å². The number of aliphatic carboxylic acids is 2. The van der Waals surface area contributed by atoms with E-state index in [4.69, 9.17) is 22.3 Å². The first-order valence-corrected chi connectivity index (χ1v) is 18.3. The fourth-order valence-corrected chi connectivity index (χ4v) is 5.11. The molecule has 7 unspecified atom stereocenters. The number of amides is 6. The van der Waals surface area contributed by atoms with Gasteiger partial charge in [0.2, 0.25) is 35.4 Å². The Bertz CT molecular complexity index is 1250. The molecule has 0 fully saturated rings. The highest BCUT2D eigenvalue weighted by molar-refractivity contribution is 5.97. The number of carboxylic acid groups (broad SMARTS) is 2. The van der Waals surface area contributed by atoms with Crippen molar-refractivity contribution in [3.8, 4) is 0 Å². The number of hydrogen-bond acceptors (Lipinski definition) is 12. The Hall–Kier alpha value is -4.40.